The van der Waals surface area contributed by atoms with Crippen LogP contribution < -0.4 is 10.2 Å². The van der Waals surface area contributed by atoms with E-state index >= 15 is 0 Å². The summed E-state index contributed by atoms with van der Waals surface area (Å²) in [5, 5.41) is 12.2. The first-order valence-electron chi connectivity index (χ1n) is 7.54. The van der Waals surface area contributed by atoms with Crippen LogP contribution in [0.4, 0.5) is 10.8 Å². The maximum Gasteiger partial charge on any atom is 0.231 e. The molecule has 1 aromatic carbocycles. The van der Waals surface area contributed by atoms with Gasteiger partial charge in [-0.25, -0.2) is 0 Å². The molecule has 23 heavy (non-hydrogen) atoms. The number of nitrogens with zero attached hydrogens (tertiary/aromatic N) is 3. The Bertz CT molecular complexity index is 714. The molecule has 1 saturated heterocycles. The molecule has 0 aliphatic carbocycles. The molecule has 7 heteroatoms. The summed E-state index contributed by atoms with van der Waals surface area (Å²) in [6.07, 6.45) is 0.219. The molecule has 6 nitrogen and oxygen atoms in total. The summed E-state index contributed by atoms with van der Waals surface area (Å²) in [5.74, 6) is -0.298. The molecule has 0 unspecified atom stereocenters. The van der Waals surface area contributed by atoms with E-state index in [-0.39, 0.29) is 30.1 Å². The molecule has 1 fully saturated rings. The predicted molar refractivity (Wildman–Crippen MR) is 89.5 cm³/mol. The zero-order valence-corrected chi connectivity index (χ0v) is 13.8. The molecule has 0 spiro atoms. The van der Waals surface area contributed by atoms with Gasteiger partial charge in [0.2, 0.25) is 16.9 Å². The fraction of sp³-hybridized carbons (Fsp3) is 0.375. The van der Waals surface area contributed by atoms with Crippen molar-refractivity contribution in [2.24, 2.45) is 5.92 Å². The van der Waals surface area contributed by atoms with Gasteiger partial charge >= 0.3 is 0 Å². The normalized spacial score (nSPS) is 17.8. The van der Waals surface area contributed by atoms with Crippen LogP contribution in [0.25, 0.3) is 0 Å². The molecule has 1 aliphatic heterocycles. The van der Waals surface area contributed by atoms with Crippen molar-refractivity contribution in [2.45, 2.75) is 26.2 Å². The molecule has 120 valence electrons. The van der Waals surface area contributed by atoms with Gasteiger partial charge in [0, 0.05) is 24.6 Å². The molecular weight excluding hydrogens is 312 g/mol. The van der Waals surface area contributed by atoms with E-state index in [1.165, 1.54) is 11.3 Å². The Morgan fingerprint density at radius 2 is 2.04 bits per heavy atom. The van der Waals surface area contributed by atoms with Crippen LogP contribution in [0.3, 0.4) is 0 Å². The van der Waals surface area contributed by atoms with Crippen molar-refractivity contribution < 1.29 is 9.59 Å². The average molecular weight is 330 g/mol. The van der Waals surface area contributed by atoms with E-state index in [0.29, 0.717) is 11.7 Å². The SMILES string of the molecule is CC(C)c1nnc(NC(=O)[C@H]2CC(=O)N(c3ccccc3)C2)s1. The van der Waals surface area contributed by atoms with Crippen molar-refractivity contribution in [3.8, 4) is 0 Å². The Hall–Kier alpha value is -2.28. The lowest BCUT2D eigenvalue weighted by molar-refractivity contribution is -0.122. The van der Waals surface area contributed by atoms with Crippen molar-refractivity contribution >= 4 is 34.0 Å². The van der Waals surface area contributed by atoms with Gasteiger partial charge in [-0.1, -0.05) is 43.4 Å². The van der Waals surface area contributed by atoms with Gasteiger partial charge in [-0.2, -0.15) is 0 Å². The maximum absolute atomic E-state index is 12.4. The van der Waals surface area contributed by atoms with Gasteiger partial charge in [-0.3, -0.25) is 9.59 Å². The van der Waals surface area contributed by atoms with Gasteiger partial charge in [0.05, 0.1) is 5.92 Å². The van der Waals surface area contributed by atoms with Crippen molar-refractivity contribution in [1.29, 1.82) is 0 Å². The Morgan fingerprint density at radius 3 is 2.70 bits per heavy atom. The molecule has 2 aromatic rings. The number of carbonyl (C=O) groups is 2. The number of amides is 2. The minimum atomic E-state index is -0.367. The number of aromatic nitrogens is 2. The van der Waals surface area contributed by atoms with Gasteiger partial charge in [0.1, 0.15) is 5.01 Å². The second-order valence-corrected chi connectivity index (χ2v) is 6.84. The Morgan fingerprint density at radius 1 is 1.30 bits per heavy atom. The molecule has 2 heterocycles. The third kappa shape index (κ3) is 3.39. The van der Waals surface area contributed by atoms with E-state index in [0.717, 1.165) is 10.7 Å². The summed E-state index contributed by atoms with van der Waals surface area (Å²) in [5.41, 5.74) is 0.825. The quantitative estimate of drug-likeness (QED) is 0.935. The summed E-state index contributed by atoms with van der Waals surface area (Å²) >= 11 is 1.37. The lowest BCUT2D eigenvalue weighted by Gasteiger charge is -2.16. The highest BCUT2D eigenvalue weighted by Crippen LogP contribution is 2.27. The molecule has 1 N–H and O–H groups in total. The molecule has 2 amide bonds. The summed E-state index contributed by atoms with van der Waals surface area (Å²) in [6.45, 7) is 4.45. The van der Waals surface area contributed by atoms with Crippen molar-refractivity contribution in [2.75, 3.05) is 16.8 Å². The number of rotatable bonds is 4. The van der Waals surface area contributed by atoms with Crippen LogP contribution in [0.2, 0.25) is 0 Å². The predicted octanol–water partition coefficient (Wildman–Crippen LogP) is 2.65. The zero-order chi connectivity index (χ0) is 16.4. The Kier molecular flexibility index (Phi) is 4.38. The first-order chi connectivity index (χ1) is 11.0. The molecule has 1 aromatic heterocycles. The van der Waals surface area contributed by atoms with Gasteiger partial charge in [-0.05, 0) is 12.1 Å². The summed E-state index contributed by atoms with van der Waals surface area (Å²) in [7, 11) is 0. The number of carbonyl (C=O) groups excluding carboxylic acids is 2. The third-order valence-corrected chi connectivity index (χ3v) is 4.87. The van der Waals surface area contributed by atoms with E-state index in [2.05, 4.69) is 15.5 Å². The second kappa shape index (κ2) is 6.45. The second-order valence-electron chi connectivity index (χ2n) is 5.83. The number of anilines is 2. The Labute approximate surface area is 138 Å². The van der Waals surface area contributed by atoms with Gasteiger partial charge in [0.15, 0.2) is 0 Å². The standard InChI is InChI=1S/C16H18N4O2S/c1-10(2)15-18-19-16(23-15)17-14(22)11-8-13(21)20(9-11)12-6-4-3-5-7-12/h3-7,10-11H,8-9H2,1-2H3,(H,17,19,22)/t11-/m0/s1. The van der Waals surface area contributed by atoms with Crippen LogP contribution in [-0.4, -0.2) is 28.6 Å². The third-order valence-electron chi connectivity index (χ3n) is 3.73. The van der Waals surface area contributed by atoms with E-state index < -0.39 is 0 Å². The molecule has 0 radical (unpaired) electrons. The molecule has 1 aliphatic rings. The number of benzene rings is 1. The fourth-order valence-corrected chi connectivity index (χ4v) is 3.22. The molecule has 0 bridgehead atoms. The number of hydrogen-bond donors (Lipinski definition) is 1. The molecule has 3 rings (SSSR count). The summed E-state index contributed by atoms with van der Waals surface area (Å²) < 4.78 is 0. The van der Waals surface area contributed by atoms with Crippen LogP contribution in [0, 0.1) is 5.92 Å². The highest BCUT2D eigenvalue weighted by atomic mass is 32.1. The van der Waals surface area contributed by atoms with Crippen LogP contribution in [0.15, 0.2) is 30.3 Å². The Balaban J connectivity index is 1.65. The largest absolute Gasteiger partial charge is 0.312 e. The summed E-state index contributed by atoms with van der Waals surface area (Å²) in [6, 6.07) is 9.40. The molecule has 1 atom stereocenters. The highest BCUT2D eigenvalue weighted by Gasteiger charge is 2.35. The highest BCUT2D eigenvalue weighted by molar-refractivity contribution is 7.15. The van der Waals surface area contributed by atoms with Gasteiger partial charge in [-0.15, -0.1) is 10.2 Å². The van der Waals surface area contributed by atoms with E-state index in [9.17, 15) is 9.59 Å². The monoisotopic (exact) mass is 330 g/mol. The zero-order valence-electron chi connectivity index (χ0n) is 13.0. The van der Waals surface area contributed by atoms with Crippen molar-refractivity contribution in [1.82, 2.24) is 10.2 Å². The van der Waals surface area contributed by atoms with Crippen LogP contribution in [-0.2, 0) is 9.59 Å². The fourth-order valence-electron chi connectivity index (χ4n) is 2.47. The average Bonchev–Trinajstić information content (AvgIpc) is 3.15. The lowest BCUT2D eigenvalue weighted by atomic mass is 10.1. The number of nitrogens with one attached hydrogen (secondary N) is 1. The minimum Gasteiger partial charge on any atom is -0.312 e. The topological polar surface area (TPSA) is 75.2 Å². The summed E-state index contributed by atoms with van der Waals surface area (Å²) in [4.78, 5) is 26.2. The van der Waals surface area contributed by atoms with Crippen LogP contribution >= 0.6 is 11.3 Å². The number of hydrogen-bond acceptors (Lipinski definition) is 5. The van der Waals surface area contributed by atoms with Crippen molar-refractivity contribution in [3.05, 3.63) is 35.3 Å². The van der Waals surface area contributed by atoms with Crippen LogP contribution in [0.1, 0.15) is 31.2 Å². The van der Waals surface area contributed by atoms with Crippen molar-refractivity contribution in [3.63, 3.8) is 0 Å². The molecule has 0 saturated carbocycles. The van der Waals surface area contributed by atoms with Gasteiger partial charge < -0.3 is 10.2 Å². The van der Waals surface area contributed by atoms with E-state index in [4.69, 9.17) is 0 Å². The first kappa shape index (κ1) is 15.6. The van der Waals surface area contributed by atoms with E-state index in [1.807, 2.05) is 44.2 Å². The molecular formula is C16H18N4O2S. The number of para-hydroxylation sites is 1. The lowest BCUT2D eigenvalue weighted by Crippen LogP contribution is -2.28. The first-order valence-corrected chi connectivity index (χ1v) is 8.36. The maximum atomic E-state index is 12.4. The van der Waals surface area contributed by atoms with E-state index in [1.54, 1.807) is 4.90 Å². The van der Waals surface area contributed by atoms with Crippen LogP contribution in [0.5, 0.6) is 0 Å². The smallest absolute Gasteiger partial charge is 0.231 e. The van der Waals surface area contributed by atoms with Gasteiger partial charge in [0.25, 0.3) is 0 Å². The minimum absolute atomic E-state index is 0.0310.